The monoisotopic (exact) mass is 330 g/mol. The van der Waals surface area contributed by atoms with Crippen LogP contribution in [0.4, 0.5) is 0 Å². The van der Waals surface area contributed by atoms with Gasteiger partial charge in [0.05, 0.1) is 13.1 Å². The van der Waals surface area contributed by atoms with Gasteiger partial charge in [-0.1, -0.05) is 0 Å². The lowest BCUT2D eigenvalue weighted by atomic mass is 10.1. The third-order valence-electron chi connectivity index (χ3n) is 4.00. The van der Waals surface area contributed by atoms with E-state index in [-0.39, 0.29) is 5.91 Å². The number of aromatic nitrogens is 2. The van der Waals surface area contributed by atoms with Crippen LogP contribution in [0.15, 0.2) is 28.9 Å². The zero-order chi connectivity index (χ0) is 16.9. The zero-order valence-corrected chi connectivity index (χ0v) is 14.1. The zero-order valence-electron chi connectivity index (χ0n) is 14.1. The molecule has 7 nitrogen and oxygen atoms in total. The standard InChI is InChI=1S/C17H22N4O3/c1-20(9-13-3-6-18-7-4-13)11-17(22)21-8-5-15-14(10-21)19-16(24-15)12-23-2/h3-4,6-7H,5,8-12H2,1-2H3. The molecule has 2 aromatic heterocycles. The Morgan fingerprint density at radius 2 is 2.21 bits per heavy atom. The van der Waals surface area contributed by atoms with Crippen molar-refractivity contribution in [3.05, 3.63) is 47.4 Å². The smallest absolute Gasteiger partial charge is 0.237 e. The highest BCUT2D eigenvalue weighted by Gasteiger charge is 2.25. The minimum absolute atomic E-state index is 0.105. The summed E-state index contributed by atoms with van der Waals surface area (Å²) in [4.78, 5) is 24.8. The number of ether oxygens (including phenoxy) is 1. The topological polar surface area (TPSA) is 71.7 Å². The van der Waals surface area contributed by atoms with E-state index in [9.17, 15) is 4.79 Å². The SMILES string of the molecule is COCc1nc2c(o1)CCN(C(=O)CN(C)Cc1ccncc1)C2. The van der Waals surface area contributed by atoms with Gasteiger partial charge in [-0.3, -0.25) is 14.7 Å². The van der Waals surface area contributed by atoms with E-state index < -0.39 is 0 Å². The van der Waals surface area contributed by atoms with Crippen LogP contribution in [0.3, 0.4) is 0 Å². The maximum absolute atomic E-state index is 12.5. The number of carbonyl (C=O) groups is 1. The van der Waals surface area contributed by atoms with Crippen molar-refractivity contribution in [2.24, 2.45) is 0 Å². The molecule has 0 spiro atoms. The molecule has 3 rings (SSSR count). The molecule has 3 heterocycles. The Bertz CT molecular complexity index is 686. The first-order valence-corrected chi connectivity index (χ1v) is 7.97. The summed E-state index contributed by atoms with van der Waals surface area (Å²) < 4.78 is 10.7. The number of hydrogen-bond donors (Lipinski definition) is 0. The Balaban J connectivity index is 1.55. The molecule has 0 N–H and O–H groups in total. The molecular formula is C17H22N4O3. The summed E-state index contributed by atoms with van der Waals surface area (Å²) in [7, 11) is 3.55. The highest BCUT2D eigenvalue weighted by atomic mass is 16.5. The van der Waals surface area contributed by atoms with Crippen molar-refractivity contribution < 1.29 is 13.9 Å². The number of fused-ring (bicyclic) bond motifs is 1. The lowest BCUT2D eigenvalue weighted by Crippen LogP contribution is -2.41. The van der Waals surface area contributed by atoms with Gasteiger partial charge in [0.25, 0.3) is 0 Å². The number of amides is 1. The van der Waals surface area contributed by atoms with Crippen LogP contribution in [0, 0.1) is 0 Å². The summed E-state index contributed by atoms with van der Waals surface area (Å²) in [6, 6.07) is 3.92. The summed E-state index contributed by atoms with van der Waals surface area (Å²) in [5.41, 5.74) is 1.99. The van der Waals surface area contributed by atoms with Crippen LogP contribution in [-0.2, 0) is 35.6 Å². The number of methoxy groups -OCH3 is 1. The van der Waals surface area contributed by atoms with Crippen molar-refractivity contribution in [3.8, 4) is 0 Å². The van der Waals surface area contributed by atoms with Gasteiger partial charge in [0, 0.05) is 39.0 Å². The molecule has 0 saturated heterocycles. The molecule has 0 bridgehead atoms. The van der Waals surface area contributed by atoms with Crippen LogP contribution in [-0.4, -0.2) is 52.9 Å². The maximum Gasteiger partial charge on any atom is 0.237 e. The van der Waals surface area contributed by atoms with Gasteiger partial charge in [0.15, 0.2) is 0 Å². The normalized spacial score (nSPS) is 14.0. The van der Waals surface area contributed by atoms with Gasteiger partial charge < -0.3 is 14.1 Å². The van der Waals surface area contributed by atoms with Gasteiger partial charge in [0.1, 0.15) is 18.1 Å². The number of pyridine rings is 1. The third-order valence-corrected chi connectivity index (χ3v) is 4.00. The number of likely N-dealkylation sites (N-methyl/N-ethyl adjacent to an activating group) is 1. The molecule has 1 amide bonds. The number of hydrogen-bond acceptors (Lipinski definition) is 6. The highest BCUT2D eigenvalue weighted by Crippen LogP contribution is 2.20. The Kier molecular flexibility index (Phi) is 5.22. The average molecular weight is 330 g/mol. The van der Waals surface area contributed by atoms with Crippen molar-refractivity contribution in [1.29, 1.82) is 0 Å². The molecule has 0 unspecified atom stereocenters. The van der Waals surface area contributed by atoms with Crippen molar-refractivity contribution in [3.63, 3.8) is 0 Å². The number of oxazole rings is 1. The molecule has 0 radical (unpaired) electrons. The van der Waals surface area contributed by atoms with Crippen LogP contribution < -0.4 is 0 Å². The second-order valence-electron chi connectivity index (χ2n) is 6.00. The molecule has 0 saturated carbocycles. The van der Waals surface area contributed by atoms with Crippen LogP contribution in [0.5, 0.6) is 0 Å². The molecule has 128 valence electrons. The fraction of sp³-hybridized carbons (Fsp3) is 0.471. The Labute approximate surface area is 141 Å². The van der Waals surface area contributed by atoms with E-state index in [1.807, 2.05) is 29.0 Å². The predicted molar refractivity (Wildman–Crippen MR) is 86.9 cm³/mol. The van der Waals surface area contributed by atoms with Crippen LogP contribution >= 0.6 is 0 Å². The third kappa shape index (κ3) is 3.98. The van der Waals surface area contributed by atoms with E-state index >= 15 is 0 Å². The first-order valence-electron chi connectivity index (χ1n) is 7.97. The van der Waals surface area contributed by atoms with Gasteiger partial charge in [-0.15, -0.1) is 0 Å². The van der Waals surface area contributed by atoms with E-state index in [0.29, 0.717) is 38.6 Å². The average Bonchev–Trinajstić information content (AvgIpc) is 2.97. The maximum atomic E-state index is 12.5. The van der Waals surface area contributed by atoms with Crippen LogP contribution in [0.25, 0.3) is 0 Å². The molecular weight excluding hydrogens is 308 g/mol. The predicted octanol–water partition coefficient (Wildman–Crippen LogP) is 1.23. The first kappa shape index (κ1) is 16.6. The van der Waals surface area contributed by atoms with E-state index in [2.05, 4.69) is 9.97 Å². The van der Waals surface area contributed by atoms with Crippen molar-refractivity contribution in [1.82, 2.24) is 19.8 Å². The van der Waals surface area contributed by atoms with Crippen molar-refractivity contribution in [2.45, 2.75) is 26.1 Å². The second kappa shape index (κ2) is 7.55. The Morgan fingerprint density at radius 3 is 2.96 bits per heavy atom. The fourth-order valence-corrected chi connectivity index (χ4v) is 2.84. The number of carbonyl (C=O) groups excluding carboxylic acids is 1. The molecule has 1 aliphatic heterocycles. The van der Waals surface area contributed by atoms with Gasteiger partial charge in [-0.25, -0.2) is 4.98 Å². The summed E-state index contributed by atoms with van der Waals surface area (Å²) >= 11 is 0. The first-order chi connectivity index (χ1) is 11.7. The van der Waals surface area contributed by atoms with Gasteiger partial charge in [-0.05, 0) is 24.7 Å². The lowest BCUT2D eigenvalue weighted by Gasteiger charge is -2.27. The van der Waals surface area contributed by atoms with Crippen LogP contribution in [0.1, 0.15) is 22.9 Å². The summed E-state index contributed by atoms with van der Waals surface area (Å²) in [5, 5.41) is 0. The molecule has 24 heavy (non-hydrogen) atoms. The minimum atomic E-state index is 0.105. The Hall–Kier alpha value is -2.25. The van der Waals surface area contributed by atoms with E-state index in [4.69, 9.17) is 9.15 Å². The molecule has 0 atom stereocenters. The molecule has 0 fully saturated rings. The summed E-state index contributed by atoms with van der Waals surface area (Å²) in [5.74, 6) is 1.55. The number of nitrogens with zero attached hydrogens (tertiary/aromatic N) is 4. The largest absolute Gasteiger partial charge is 0.443 e. The molecule has 0 aliphatic carbocycles. The van der Waals surface area contributed by atoms with Gasteiger partial charge >= 0.3 is 0 Å². The van der Waals surface area contributed by atoms with Crippen molar-refractivity contribution >= 4 is 5.91 Å². The summed E-state index contributed by atoms with van der Waals surface area (Å²) in [6.45, 7) is 2.62. The fourth-order valence-electron chi connectivity index (χ4n) is 2.84. The minimum Gasteiger partial charge on any atom is -0.443 e. The second-order valence-corrected chi connectivity index (χ2v) is 6.00. The molecule has 1 aliphatic rings. The van der Waals surface area contributed by atoms with Gasteiger partial charge in [-0.2, -0.15) is 0 Å². The van der Waals surface area contributed by atoms with Gasteiger partial charge in [0.2, 0.25) is 11.8 Å². The quantitative estimate of drug-likeness (QED) is 0.793. The molecule has 7 heteroatoms. The highest BCUT2D eigenvalue weighted by molar-refractivity contribution is 5.78. The van der Waals surface area contributed by atoms with E-state index in [1.54, 1.807) is 19.5 Å². The van der Waals surface area contributed by atoms with Crippen LogP contribution in [0.2, 0.25) is 0 Å². The number of rotatable bonds is 6. The lowest BCUT2D eigenvalue weighted by molar-refractivity contribution is -0.133. The van der Waals surface area contributed by atoms with E-state index in [1.165, 1.54) is 0 Å². The van der Waals surface area contributed by atoms with Crippen molar-refractivity contribution in [2.75, 3.05) is 27.2 Å². The van der Waals surface area contributed by atoms with E-state index in [0.717, 1.165) is 23.6 Å². The molecule has 0 aromatic carbocycles. The Morgan fingerprint density at radius 1 is 1.42 bits per heavy atom. The summed E-state index contributed by atoms with van der Waals surface area (Å²) in [6.07, 6.45) is 4.23. The molecule has 2 aromatic rings.